The molecule has 0 atom stereocenters. The maximum absolute atomic E-state index is 12.5. The zero-order chi connectivity index (χ0) is 15.9. The number of carbonyl (C=O) groups excluding carboxylic acids is 2. The molecule has 0 amide bonds. The van der Waals surface area contributed by atoms with Crippen LogP contribution in [-0.4, -0.2) is 11.6 Å². The van der Waals surface area contributed by atoms with E-state index in [4.69, 9.17) is 5.73 Å². The van der Waals surface area contributed by atoms with E-state index >= 15 is 0 Å². The lowest BCUT2D eigenvalue weighted by atomic mass is 9.91. The summed E-state index contributed by atoms with van der Waals surface area (Å²) in [6.45, 7) is 4.54. The minimum absolute atomic E-state index is 0.0567. The molecule has 112 valence electrons. The normalized spacial score (nSPS) is 14.5. The van der Waals surface area contributed by atoms with E-state index in [1.807, 2.05) is 26.0 Å². The number of ketones is 2. The highest BCUT2D eigenvalue weighted by Gasteiger charge is 2.38. The number of fused-ring (bicyclic) bond motifs is 1. The number of carbonyl (C=O) groups is 2. The molecular weight excluding hydrogens is 274 g/mol. The van der Waals surface area contributed by atoms with Crippen LogP contribution >= 0.6 is 0 Å². The topological polar surface area (TPSA) is 60.2 Å². The molecule has 3 rings (SSSR count). The summed E-state index contributed by atoms with van der Waals surface area (Å²) >= 11 is 0. The first-order valence-electron chi connectivity index (χ1n) is 7.49. The summed E-state index contributed by atoms with van der Waals surface area (Å²) in [5.74, 6) is -0.697. The minimum Gasteiger partial charge on any atom is -0.326 e. The summed E-state index contributed by atoms with van der Waals surface area (Å²) < 4.78 is 0. The first kappa shape index (κ1) is 14.7. The van der Waals surface area contributed by atoms with E-state index in [9.17, 15) is 9.59 Å². The third-order valence-corrected chi connectivity index (χ3v) is 4.49. The molecule has 0 saturated heterocycles. The molecule has 0 aromatic heterocycles. The fourth-order valence-corrected chi connectivity index (χ4v) is 3.35. The van der Waals surface area contributed by atoms with Gasteiger partial charge in [0.2, 0.25) is 0 Å². The van der Waals surface area contributed by atoms with Gasteiger partial charge in [-0.2, -0.15) is 0 Å². The summed E-state index contributed by atoms with van der Waals surface area (Å²) in [7, 11) is 0. The SMILES string of the molecule is Cc1cc(CC2C(=O)c3ccccc3C2=O)cc(C)c1CN. The van der Waals surface area contributed by atoms with Gasteiger partial charge in [-0.05, 0) is 42.5 Å². The Kier molecular flexibility index (Phi) is 3.67. The van der Waals surface area contributed by atoms with Crippen molar-refractivity contribution in [1.82, 2.24) is 0 Å². The van der Waals surface area contributed by atoms with Crippen LogP contribution in [0, 0.1) is 19.8 Å². The molecule has 0 fully saturated rings. The summed E-state index contributed by atoms with van der Waals surface area (Å²) in [5.41, 5.74) is 11.3. The Bertz CT molecular complexity index is 719. The Balaban J connectivity index is 1.92. The second-order valence-electron chi connectivity index (χ2n) is 5.94. The fourth-order valence-electron chi connectivity index (χ4n) is 3.35. The number of rotatable bonds is 3. The van der Waals surface area contributed by atoms with Crippen LogP contribution in [0.2, 0.25) is 0 Å². The third-order valence-electron chi connectivity index (χ3n) is 4.49. The highest BCUT2D eigenvalue weighted by Crippen LogP contribution is 2.30. The molecule has 3 heteroatoms. The highest BCUT2D eigenvalue weighted by molar-refractivity contribution is 6.26. The van der Waals surface area contributed by atoms with Gasteiger partial charge in [0.1, 0.15) is 0 Å². The van der Waals surface area contributed by atoms with E-state index in [2.05, 4.69) is 0 Å². The molecule has 2 aromatic rings. The van der Waals surface area contributed by atoms with Crippen LogP contribution in [0.25, 0.3) is 0 Å². The van der Waals surface area contributed by atoms with Crippen LogP contribution < -0.4 is 5.73 Å². The summed E-state index contributed by atoms with van der Waals surface area (Å²) in [6, 6.07) is 11.2. The molecule has 2 aromatic carbocycles. The Hall–Kier alpha value is -2.26. The predicted octanol–water partition coefficient (Wildman–Crippen LogP) is 3.00. The molecule has 0 unspecified atom stereocenters. The quantitative estimate of drug-likeness (QED) is 0.885. The number of aryl methyl sites for hydroxylation is 2. The van der Waals surface area contributed by atoms with E-state index in [0.717, 1.165) is 22.3 Å². The largest absolute Gasteiger partial charge is 0.326 e. The molecule has 0 aliphatic heterocycles. The Labute approximate surface area is 130 Å². The van der Waals surface area contributed by atoms with Crippen LogP contribution in [0.5, 0.6) is 0 Å². The van der Waals surface area contributed by atoms with Gasteiger partial charge in [0.25, 0.3) is 0 Å². The van der Waals surface area contributed by atoms with Gasteiger partial charge in [0.15, 0.2) is 11.6 Å². The predicted molar refractivity (Wildman–Crippen MR) is 86.1 cm³/mol. The van der Waals surface area contributed by atoms with Crippen molar-refractivity contribution in [2.75, 3.05) is 0 Å². The zero-order valence-electron chi connectivity index (χ0n) is 12.8. The maximum Gasteiger partial charge on any atom is 0.174 e. The van der Waals surface area contributed by atoms with Crippen LogP contribution in [0.15, 0.2) is 36.4 Å². The zero-order valence-corrected chi connectivity index (χ0v) is 12.8. The molecular formula is C19H19NO2. The van der Waals surface area contributed by atoms with Gasteiger partial charge in [-0.3, -0.25) is 9.59 Å². The second-order valence-corrected chi connectivity index (χ2v) is 5.94. The van der Waals surface area contributed by atoms with Crippen LogP contribution in [0.1, 0.15) is 43.0 Å². The van der Waals surface area contributed by atoms with Gasteiger partial charge in [-0.15, -0.1) is 0 Å². The number of hydrogen-bond acceptors (Lipinski definition) is 3. The summed E-state index contributed by atoms with van der Waals surface area (Å²) in [6.07, 6.45) is 0.457. The van der Waals surface area contributed by atoms with Crippen molar-refractivity contribution >= 4 is 11.6 Å². The molecule has 0 heterocycles. The molecule has 1 aliphatic carbocycles. The molecule has 0 saturated carbocycles. The molecule has 3 nitrogen and oxygen atoms in total. The van der Waals surface area contributed by atoms with Gasteiger partial charge in [-0.1, -0.05) is 36.4 Å². The van der Waals surface area contributed by atoms with Crippen molar-refractivity contribution in [2.45, 2.75) is 26.8 Å². The van der Waals surface area contributed by atoms with Crippen molar-refractivity contribution < 1.29 is 9.59 Å². The van der Waals surface area contributed by atoms with Gasteiger partial charge >= 0.3 is 0 Å². The second kappa shape index (κ2) is 5.50. The van der Waals surface area contributed by atoms with Gasteiger partial charge in [0.05, 0.1) is 5.92 Å². The summed E-state index contributed by atoms with van der Waals surface area (Å²) in [4.78, 5) is 24.9. The first-order valence-corrected chi connectivity index (χ1v) is 7.49. The Morgan fingerprint density at radius 1 is 0.955 bits per heavy atom. The van der Waals surface area contributed by atoms with Gasteiger partial charge in [-0.25, -0.2) is 0 Å². The van der Waals surface area contributed by atoms with Crippen molar-refractivity contribution in [1.29, 1.82) is 0 Å². The highest BCUT2D eigenvalue weighted by atomic mass is 16.2. The van der Waals surface area contributed by atoms with E-state index in [-0.39, 0.29) is 11.6 Å². The average Bonchev–Trinajstić information content (AvgIpc) is 2.73. The molecule has 2 N–H and O–H groups in total. The third kappa shape index (κ3) is 2.28. The Morgan fingerprint density at radius 2 is 1.45 bits per heavy atom. The van der Waals surface area contributed by atoms with Crippen LogP contribution in [-0.2, 0) is 13.0 Å². The molecule has 22 heavy (non-hydrogen) atoms. The van der Waals surface area contributed by atoms with Crippen molar-refractivity contribution in [3.63, 3.8) is 0 Å². The molecule has 0 bridgehead atoms. The smallest absolute Gasteiger partial charge is 0.174 e. The first-order chi connectivity index (χ1) is 10.5. The lowest BCUT2D eigenvalue weighted by Gasteiger charge is -2.13. The van der Waals surface area contributed by atoms with E-state index in [0.29, 0.717) is 24.1 Å². The maximum atomic E-state index is 12.5. The van der Waals surface area contributed by atoms with E-state index in [1.165, 1.54) is 0 Å². The number of Topliss-reactive ketones (excluding diaryl/α,β-unsaturated/α-hetero) is 2. The lowest BCUT2D eigenvalue weighted by molar-refractivity contribution is 0.0838. The molecule has 1 aliphatic rings. The van der Waals surface area contributed by atoms with Crippen LogP contribution in [0.4, 0.5) is 0 Å². The molecule has 0 spiro atoms. The average molecular weight is 293 g/mol. The van der Waals surface area contributed by atoms with Gasteiger partial charge in [0, 0.05) is 17.7 Å². The van der Waals surface area contributed by atoms with Crippen LogP contribution in [0.3, 0.4) is 0 Å². The van der Waals surface area contributed by atoms with Crippen molar-refractivity contribution in [3.05, 3.63) is 69.8 Å². The van der Waals surface area contributed by atoms with Gasteiger partial charge < -0.3 is 5.73 Å². The number of hydrogen-bond donors (Lipinski definition) is 1. The van der Waals surface area contributed by atoms with E-state index in [1.54, 1.807) is 24.3 Å². The van der Waals surface area contributed by atoms with Crippen molar-refractivity contribution in [3.8, 4) is 0 Å². The lowest BCUT2D eigenvalue weighted by Crippen LogP contribution is -2.18. The van der Waals surface area contributed by atoms with Crippen molar-refractivity contribution in [2.24, 2.45) is 11.7 Å². The minimum atomic E-state index is -0.583. The Morgan fingerprint density at radius 3 is 1.91 bits per heavy atom. The fraction of sp³-hybridized carbons (Fsp3) is 0.263. The summed E-state index contributed by atoms with van der Waals surface area (Å²) in [5, 5.41) is 0. The number of nitrogens with two attached hydrogens (primary N) is 1. The standard InChI is InChI=1S/C19H19NO2/c1-11-7-13(8-12(2)17(11)10-20)9-16-18(21)14-5-3-4-6-15(14)19(16)22/h3-8,16H,9-10,20H2,1-2H3. The number of benzene rings is 2. The van der Waals surface area contributed by atoms with E-state index < -0.39 is 5.92 Å². The monoisotopic (exact) mass is 293 g/mol. The molecule has 0 radical (unpaired) electrons.